The van der Waals surface area contributed by atoms with Crippen LogP contribution in [0.3, 0.4) is 0 Å². The van der Waals surface area contributed by atoms with Crippen LogP contribution < -0.4 is 24.4 Å². The van der Waals surface area contributed by atoms with Crippen molar-refractivity contribution in [2.24, 2.45) is 4.99 Å². The second kappa shape index (κ2) is 12.4. The predicted octanol–water partition coefficient (Wildman–Crippen LogP) is 4.93. The Kier molecular flexibility index (Phi) is 8.69. The van der Waals surface area contributed by atoms with E-state index in [9.17, 15) is 19.5 Å². The van der Waals surface area contributed by atoms with Gasteiger partial charge in [-0.25, -0.2) is 14.6 Å². The Bertz CT molecular complexity index is 1950. The van der Waals surface area contributed by atoms with E-state index in [1.807, 2.05) is 6.92 Å². The van der Waals surface area contributed by atoms with Crippen molar-refractivity contribution in [3.05, 3.63) is 101 Å². The summed E-state index contributed by atoms with van der Waals surface area (Å²) in [5.41, 5.74) is 1.34. The Labute approximate surface area is 258 Å². The molecule has 222 valence electrons. The molecule has 2 aromatic heterocycles. The van der Waals surface area contributed by atoms with Crippen LogP contribution in [0, 0.1) is 0 Å². The summed E-state index contributed by atoms with van der Waals surface area (Å²) in [6, 6.07) is 12.4. The third kappa shape index (κ3) is 5.67. The molecular weight excluding hydrogens is 640 g/mol. The summed E-state index contributed by atoms with van der Waals surface area (Å²) in [4.78, 5) is 44.0. The average molecular weight is 668 g/mol. The number of hydrogen-bond donors (Lipinski definition) is 1. The van der Waals surface area contributed by atoms with Crippen LogP contribution in [0.5, 0.6) is 11.5 Å². The number of thiazole rings is 1. The highest BCUT2D eigenvalue weighted by Gasteiger charge is 2.35. The van der Waals surface area contributed by atoms with Gasteiger partial charge in [-0.15, -0.1) is 0 Å². The van der Waals surface area contributed by atoms with Crippen LogP contribution >= 0.6 is 27.3 Å². The van der Waals surface area contributed by atoms with Crippen molar-refractivity contribution in [3.8, 4) is 22.8 Å². The highest BCUT2D eigenvalue weighted by atomic mass is 79.9. The molecule has 0 bridgehead atoms. The molecule has 1 atom stereocenters. The van der Waals surface area contributed by atoms with E-state index in [1.165, 1.54) is 17.7 Å². The number of aromatic nitrogens is 1. The van der Waals surface area contributed by atoms with E-state index in [4.69, 9.17) is 18.6 Å². The maximum Gasteiger partial charge on any atom is 0.338 e. The summed E-state index contributed by atoms with van der Waals surface area (Å²) in [5, 5.41) is 9.57. The molecule has 0 saturated heterocycles. The number of hydrogen-bond acceptors (Lipinski definition) is 9. The van der Waals surface area contributed by atoms with Gasteiger partial charge >= 0.3 is 11.9 Å². The van der Waals surface area contributed by atoms with Gasteiger partial charge in [0.15, 0.2) is 16.3 Å². The van der Waals surface area contributed by atoms with Gasteiger partial charge in [0.1, 0.15) is 11.5 Å². The number of allylic oxidation sites excluding steroid dienone is 1. The SMILES string of the molecule is CCOC(=O)C1=C(C)N=c2s/c(=C/c3ccc(-c4ccccc4C(=O)O)o3)c(=O)n2[C@H]1c1cc(OC)c(OCC)cc1Br. The fraction of sp³-hybridized carbons (Fsp3) is 0.226. The normalized spacial score (nSPS) is 14.7. The summed E-state index contributed by atoms with van der Waals surface area (Å²) >= 11 is 4.75. The number of halogens is 1. The minimum absolute atomic E-state index is 0.0982. The monoisotopic (exact) mass is 666 g/mol. The van der Waals surface area contributed by atoms with Crippen LogP contribution in [0.4, 0.5) is 0 Å². The van der Waals surface area contributed by atoms with Crippen LogP contribution in [-0.2, 0) is 9.53 Å². The van der Waals surface area contributed by atoms with Gasteiger partial charge < -0.3 is 23.7 Å². The van der Waals surface area contributed by atoms with Crippen molar-refractivity contribution in [2.75, 3.05) is 20.3 Å². The lowest BCUT2D eigenvalue weighted by atomic mass is 9.95. The van der Waals surface area contributed by atoms with E-state index in [0.717, 1.165) is 11.3 Å². The van der Waals surface area contributed by atoms with Crippen LogP contribution in [0.25, 0.3) is 17.4 Å². The zero-order valence-corrected chi connectivity index (χ0v) is 26.1. The third-order valence-electron chi connectivity index (χ3n) is 6.72. The number of carbonyl (C=O) groups is 2. The number of benzene rings is 2. The standard InChI is InChI=1S/C31H27BrN2O8S/c1-5-40-24-15-21(32)20(14-23(24)39-4)27-26(30(38)41-6-2)16(3)33-31-34(27)28(35)25(43-31)13-17-11-12-22(42-17)18-9-7-8-10-19(18)29(36)37/h7-15,27H,5-6H2,1-4H3,(H,36,37)/b25-13+/t27-/m0/s1. The lowest BCUT2D eigenvalue weighted by molar-refractivity contribution is -0.139. The number of methoxy groups -OCH3 is 1. The zero-order valence-electron chi connectivity index (χ0n) is 23.7. The van der Waals surface area contributed by atoms with E-state index in [0.29, 0.717) is 60.3 Å². The van der Waals surface area contributed by atoms with Crippen molar-refractivity contribution in [1.29, 1.82) is 0 Å². The summed E-state index contributed by atoms with van der Waals surface area (Å²) in [5.74, 6) is -0.0282. The van der Waals surface area contributed by atoms with Crippen molar-refractivity contribution >= 4 is 45.3 Å². The highest BCUT2D eigenvalue weighted by molar-refractivity contribution is 9.10. The maximum atomic E-state index is 14.0. The van der Waals surface area contributed by atoms with Crippen LogP contribution in [0.1, 0.15) is 48.5 Å². The molecule has 1 N–H and O–H groups in total. The number of fused-ring (bicyclic) bond motifs is 1. The molecule has 4 aromatic rings. The summed E-state index contributed by atoms with van der Waals surface area (Å²) in [6.07, 6.45) is 1.57. The second-order valence-corrected chi connectivity index (χ2v) is 11.2. The van der Waals surface area contributed by atoms with Crippen molar-refractivity contribution < 1.29 is 33.3 Å². The second-order valence-electron chi connectivity index (χ2n) is 9.31. The van der Waals surface area contributed by atoms with Gasteiger partial charge in [0.05, 0.1) is 47.7 Å². The molecule has 10 nitrogen and oxygen atoms in total. The topological polar surface area (TPSA) is 130 Å². The van der Waals surface area contributed by atoms with E-state index in [-0.39, 0.29) is 17.7 Å². The Hall–Kier alpha value is -4.42. The van der Waals surface area contributed by atoms with E-state index < -0.39 is 23.5 Å². The molecule has 0 amide bonds. The van der Waals surface area contributed by atoms with Crippen molar-refractivity contribution in [1.82, 2.24) is 4.57 Å². The smallest absolute Gasteiger partial charge is 0.338 e. The number of esters is 1. The molecule has 0 unspecified atom stereocenters. The van der Waals surface area contributed by atoms with Gasteiger partial charge in [-0.3, -0.25) is 9.36 Å². The van der Waals surface area contributed by atoms with Gasteiger partial charge in [0.25, 0.3) is 5.56 Å². The van der Waals surface area contributed by atoms with Gasteiger partial charge in [-0.1, -0.05) is 45.5 Å². The van der Waals surface area contributed by atoms with E-state index in [2.05, 4.69) is 20.9 Å². The first-order valence-corrected chi connectivity index (χ1v) is 14.9. The minimum Gasteiger partial charge on any atom is -0.493 e. The molecule has 1 aliphatic heterocycles. The lowest BCUT2D eigenvalue weighted by Crippen LogP contribution is -2.40. The molecule has 43 heavy (non-hydrogen) atoms. The Morgan fingerprint density at radius 2 is 1.91 bits per heavy atom. The van der Waals surface area contributed by atoms with Crippen molar-refractivity contribution in [2.45, 2.75) is 26.8 Å². The van der Waals surface area contributed by atoms with Crippen LogP contribution in [0.2, 0.25) is 0 Å². The molecule has 1 aliphatic rings. The fourth-order valence-electron chi connectivity index (χ4n) is 4.86. The van der Waals surface area contributed by atoms with Crippen LogP contribution in [-0.4, -0.2) is 41.9 Å². The number of rotatable bonds is 9. The van der Waals surface area contributed by atoms with E-state index in [1.54, 1.807) is 62.4 Å². The van der Waals surface area contributed by atoms with Gasteiger partial charge in [-0.2, -0.15) is 0 Å². The Balaban J connectivity index is 1.68. The summed E-state index contributed by atoms with van der Waals surface area (Å²) in [6.45, 7) is 5.83. The Morgan fingerprint density at radius 3 is 2.60 bits per heavy atom. The first-order chi connectivity index (χ1) is 20.7. The first kappa shape index (κ1) is 30.1. The molecule has 0 aliphatic carbocycles. The molecule has 0 radical (unpaired) electrons. The molecule has 0 fully saturated rings. The fourth-order valence-corrected chi connectivity index (χ4v) is 6.43. The van der Waals surface area contributed by atoms with Gasteiger partial charge in [-0.05, 0) is 56.7 Å². The maximum absolute atomic E-state index is 14.0. The number of furan rings is 1. The van der Waals surface area contributed by atoms with Crippen LogP contribution in [0.15, 0.2) is 78.5 Å². The summed E-state index contributed by atoms with van der Waals surface area (Å²) in [7, 11) is 1.51. The minimum atomic E-state index is -1.08. The number of carboxylic acids is 1. The zero-order chi connectivity index (χ0) is 30.8. The average Bonchev–Trinajstić information content (AvgIpc) is 3.57. The molecule has 3 heterocycles. The molecule has 2 aromatic carbocycles. The third-order valence-corrected chi connectivity index (χ3v) is 8.39. The molecule has 5 rings (SSSR count). The van der Waals surface area contributed by atoms with Gasteiger partial charge in [0, 0.05) is 16.1 Å². The number of ether oxygens (including phenoxy) is 3. The Morgan fingerprint density at radius 1 is 1.14 bits per heavy atom. The first-order valence-electron chi connectivity index (χ1n) is 13.3. The number of carbonyl (C=O) groups excluding carboxylic acids is 1. The lowest BCUT2D eigenvalue weighted by Gasteiger charge is -2.26. The van der Waals surface area contributed by atoms with Gasteiger partial charge in [0.2, 0.25) is 0 Å². The molecule has 0 saturated carbocycles. The quantitative estimate of drug-likeness (QED) is 0.249. The summed E-state index contributed by atoms with van der Waals surface area (Å²) < 4.78 is 25.0. The largest absolute Gasteiger partial charge is 0.493 e. The molecule has 0 spiro atoms. The predicted molar refractivity (Wildman–Crippen MR) is 163 cm³/mol. The number of carboxylic acid groups (broad SMARTS) is 1. The number of nitrogens with zero attached hydrogens (tertiary/aromatic N) is 2. The molecule has 12 heteroatoms. The highest BCUT2D eigenvalue weighted by Crippen LogP contribution is 2.41. The van der Waals surface area contributed by atoms with Crippen molar-refractivity contribution in [3.63, 3.8) is 0 Å². The molecular formula is C31H27BrN2O8S. The van der Waals surface area contributed by atoms with E-state index >= 15 is 0 Å². The number of aromatic carboxylic acids is 1.